The maximum atomic E-state index is 5.94. The standard InChI is InChI=1S/C36H40O2S/c1-7-35(8-2)16-18-36(19-17-35)29-15-12-25-20-31(38-6)32(39-34-23(3)10-9-11-24(34)4)22-28(25)33(29)27-14-13-26(37-5)21-30(27)36/h9-15,20-22H,7-8,16-19H2,1-6H3. The average molecular weight is 537 g/mol. The van der Waals surface area contributed by atoms with Gasteiger partial charge in [0.25, 0.3) is 0 Å². The molecule has 1 saturated carbocycles. The molecular formula is C36H40O2S. The molecule has 1 spiro atoms. The first kappa shape index (κ1) is 26.3. The summed E-state index contributed by atoms with van der Waals surface area (Å²) in [6, 6.07) is 22.7. The highest BCUT2D eigenvalue weighted by Gasteiger charge is 2.48. The minimum Gasteiger partial charge on any atom is -0.497 e. The summed E-state index contributed by atoms with van der Waals surface area (Å²) in [6.45, 7) is 9.17. The van der Waals surface area contributed by atoms with Gasteiger partial charge >= 0.3 is 0 Å². The van der Waals surface area contributed by atoms with Gasteiger partial charge in [0.05, 0.1) is 19.1 Å². The summed E-state index contributed by atoms with van der Waals surface area (Å²) in [6.07, 6.45) is 7.51. The first-order valence-corrected chi connectivity index (χ1v) is 15.3. The summed E-state index contributed by atoms with van der Waals surface area (Å²) < 4.78 is 11.7. The lowest BCUT2D eigenvalue weighted by molar-refractivity contribution is 0.133. The lowest BCUT2D eigenvalue weighted by atomic mass is 9.58. The van der Waals surface area contributed by atoms with Gasteiger partial charge in [-0.15, -0.1) is 0 Å². The van der Waals surface area contributed by atoms with Crippen molar-refractivity contribution in [3.8, 4) is 22.6 Å². The van der Waals surface area contributed by atoms with Crippen LogP contribution in [0.5, 0.6) is 11.5 Å². The maximum Gasteiger partial charge on any atom is 0.133 e. The Kier molecular flexibility index (Phi) is 6.70. The van der Waals surface area contributed by atoms with Gasteiger partial charge in [-0.05, 0) is 113 Å². The first-order valence-electron chi connectivity index (χ1n) is 14.5. The predicted molar refractivity (Wildman–Crippen MR) is 165 cm³/mol. The molecule has 2 nitrogen and oxygen atoms in total. The zero-order valence-electron chi connectivity index (χ0n) is 24.2. The molecule has 0 radical (unpaired) electrons. The van der Waals surface area contributed by atoms with Gasteiger partial charge in [0.15, 0.2) is 0 Å². The number of ether oxygens (including phenoxy) is 2. The molecule has 0 aromatic heterocycles. The van der Waals surface area contributed by atoms with Gasteiger partial charge in [0.1, 0.15) is 11.5 Å². The van der Waals surface area contributed by atoms with Crippen molar-refractivity contribution >= 4 is 22.5 Å². The van der Waals surface area contributed by atoms with Gasteiger partial charge in [-0.3, -0.25) is 0 Å². The Morgan fingerprint density at radius 1 is 0.769 bits per heavy atom. The van der Waals surface area contributed by atoms with Crippen LogP contribution in [0.15, 0.2) is 70.5 Å². The fraction of sp³-hybridized carbons (Fsp3) is 0.389. The van der Waals surface area contributed by atoms with E-state index in [2.05, 4.69) is 88.4 Å². The second kappa shape index (κ2) is 9.93. The Balaban J connectivity index is 1.56. The highest BCUT2D eigenvalue weighted by molar-refractivity contribution is 7.99. The van der Waals surface area contributed by atoms with Crippen LogP contribution in [0.3, 0.4) is 0 Å². The van der Waals surface area contributed by atoms with E-state index in [9.17, 15) is 0 Å². The maximum absolute atomic E-state index is 5.94. The highest BCUT2D eigenvalue weighted by Crippen LogP contribution is 2.61. The van der Waals surface area contributed by atoms with Gasteiger partial charge in [-0.1, -0.05) is 74.8 Å². The fourth-order valence-corrected chi connectivity index (χ4v) is 8.54. The molecule has 6 rings (SSSR count). The van der Waals surface area contributed by atoms with Gasteiger partial charge in [0.2, 0.25) is 0 Å². The van der Waals surface area contributed by atoms with Crippen LogP contribution in [0, 0.1) is 19.3 Å². The molecule has 0 unspecified atom stereocenters. The molecule has 3 heteroatoms. The van der Waals surface area contributed by atoms with Gasteiger partial charge in [-0.2, -0.15) is 0 Å². The van der Waals surface area contributed by atoms with E-state index in [4.69, 9.17) is 9.47 Å². The monoisotopic (exact) mass is 536 g/mol. The van der Waals surface area contributed by atoms with Crippen molar-refractivity contribution in [2.45, 2.75) is 81.4 Å². The minimum absolute atomic E-state index is 0.0566. The number of fused-ring (bicyclic) bond motifs is 7. The van der Waals surface area contributed by atoms with E-state index in [1.54, 1.807) is 14.2 Å². The van der Waals surface area contributed by atoms with Crippen LogP contribution in [0.4, 0.5) is 0 Å². The third kappa shape index (κ3) is 4.08. The largest absolute Gasteiger partial charge is 0.497 e. The van der Waals surface area contributed by atoms with Crippen molar-refractivity contribution in [3.05, 3.63) is 82.9 Å². The highest BCUT2D eigenvalue weighted by atomic mass is 32.2. The van der Waals surface area contributed by atoms with Crippen LogP contribution in [0.1, 0.15) is 74.6 Å². The summed E-state index contributed by atoms with van der Waals surface area (Å²) in [5.74, 6) is 1.90. The number of hydrogen-bond acceptors (Lipinski definition) is 3. The topological polar surface area (TPSA) is 18.5 Å². The van der Waals surface area contributed by atoms with Crippen molar-refractivity contribution in [1.82, 2.24) is 0 Å². The smallest absolute Gasteiger partial charge is 0.133 e. The van der Waals surface area contributed by atoms with Crippen molar-refractivity contribution in [3.63, 3.8) is 0 Å². The average Bonchev–Trinajstić information content (AvgIpc) is 3.24. The number of rotatable bonds is 6. The van der Waals surface area contributed by atoms with Crippen LogP contribution >= 0.6 is 11.8 Å². The molecule has 0 saturated heterocycles. The van der Waals surface area contributed by atoms with E-state index in [1.165, 1.54) is 92.5 Å². The Morgan fingerprint density at radius 2 is 1.49 bits per heavy atom. The van der Waals surface area contributed by atoms with E-state index in [-0.39, 0.29) is 5.41 Å². The van der Waals surface area contributed by atoms with Crippen molar-refractivity contribution in [1.29, 1.82) is 0 Å². The first-order chi connectivity index (χ1) is 18.9. The molecule has 1 fully saturated rings. The molecule has 0 bridgehead atoms. The van der Waals surface area contributed by atoms with Crippen LogP contribution in [0.2, 0.25) is 0 Å². The Morgan fingerprint density at radius 3 is 2.13 bits per heavy atom. The molecule has 0 heterocycles. The van der Waals surface area contributed by atoms with E-state index in [0.29, 0.717) is 5.41 Å². The van der Waals surface area contributed by atoms with Crippen LogP contribution < -0.4 is 9.47 Å². The lowest BCUT2D eigenvalue weighted by Gasteiger charge is -2.45. The molecule has 0 aliphatic heterocycles. The van der Waals surface area contributed by atoms with Gasteiger partial charge < -0.3 is 9.47 Å². The molecule has 2 aliphatic rings. The molecule has 0 atom stereocenters. The molecule has 4 aromatic carbocycles. The van der Waals surface area contributed by atoms with Crippen molar-refractivity contribution < 1.29 is 9.47 Å². The second-order valence-electron chi connectivity index (χ2n) is 11.7. The van der Waals surface area contributed by atoms with E-state index >= 15 is 0 Å². The van der Waals surface area contributed by atoms with E-state index in [1.807, 2.05) is 11.8 Å². The summed E-state index contributed by atoms with van der Waals surface area (Å²) in [4.78, 5) is 2.48. The predicted octanol–water partition coefficient (Wildman–Crippen LogP) is 10.3. The Labute approximate surface area is 238 Å². The Bertz CT molecular complexity index is 1530. The third-order valence-electron chi connectivity index (χ3n) is 10.1. The molecule has 0 N–H and O–H groups in total. The van der Waals surface area contributed by atoms with Gasteiger partial charge in [0, 0.05) is 10.3 Å². The summed E-state index contributed by atoms with van der Waals surface area (Å²) in [7, 11) is 3.57. The third-order valence-corrected chi connectivity index (χ3v) is 11.5. The normalized spacial score (nSPS) is 16.8. The van der Waals surface area contributed by atoms with E-state index in [0.717, 1.165) is 11.5 Å². The molecule has 39 heavy (non-hydrogen) atoms. The molecule has 2 aliphatic carbocycles. The number of aryl methyl sites for hydroxylation is 2. The lowest BCUT2D eigenvalue weighted by Crippen LogP contribution is -2.36. The molecule has 0 amide bonds. The minimum atomic E-state index is 0.0566. The summed E-state index contributed by atoms with van der Waals surface area (Å²) in [5.41, 5.74) is 8.90. The molecule has 4 aromatic rings. The van der Waals surface area contributed by atoms with Crippen LogP contribution in [-0.4, -0.2) is 14.2 Å². The molecular weight excluding hydrogens is 496 g/mol. The quantitative estimate of drug-likeness (QED) is 0.244. The second-order valence-corrected chi connectivity index (χ2v) is 12.8. The number of benzene rings is 4. The molecule has 202 valence electrons. The van der Waals surface area contributed by atoms with Crippen LogP contribution in [0.25, 0.3) is 21.9 Å². The summed E-state index contributed by atoms with van der Waals surface area (Å²) >= 11 is 1.83. The van der Waals surface area contributed by atoms with Crippen LogP contribution in [-0.2, 0) is 5.41 Å². The summed E-state index contributed by atoms with van der Waals surface area (Å²) in [5, 5.41) is 2.57. The SMILES string of the molecule is CCC1(CC)CCC2(CC1)c1cc(OC)ccc1-c1c2ccc2cc(OC)c(Sc3c(C)cccc3C)cc12. The zero-order chi connectivity index (χ0) is 27.4. The van der Waals surface area contributed by atoms with E-state index < -0.39 is 0 Å². The fourth-order valence-electron chi connectivity index (χ4n) is 7.44. The zero-order valence-corrected chi connectivity index (χ0v) is 25.1. The number of hydrogen-bond donors (Lipinski definition) is 0. The van der Waals surface area contributed by atoms with Crippen molar-refractivity contribution in [2.24, 2.45) is 5.41 Å². The van der Waals surface area contributed by atoms with Gasteiger partial charge in [-0.25, -0.2) is 0 Å². The van der Waals surface area contributed by atoms with Crippen molar-refractivity contribution in [2.75, 3.05) is 14.2 Å². The number of methoxy groups -OCH3 is 2. The Hall–Kier alpha value is -2.91.